The number of rotatable bonds is 4. The van der Waals surface area contributed by atoms with Gasteiger partial charge in [-0.25, -0.2) is 4.79 Å². The third kappa shape index (κ3) is 3.95. The normalized spacial score (nSPS) is 17.7. The zero-order valence-corrected chi connectivity index (χ0v) is 11.4. The molecule has 1 aliphatic heterocycles. The molecule has 7 nitrogen and oxygen atoms in total. The summed E-state index contributed by atoms with van der Waals surface area (Å²) < 4.78 is 0. The van der Waals surface area contributed by atoms with Gasteiger partial charge in [-0.1, -0.05) is 18.2 Å². The largest absolute Gasteiger partial charge is 0.480 e. The van der Waals surface area contributed by atoms with Crippen molar-refractivity contribution in [2.75, 3.05) is 18.0 Å². The van der Waals surface area contributed by atoms with E-state index in [1.807, 2.05) is 0 Å². The highest BCUT2D eigenvalue weighted by molar-refractivity contribution is 5.98. The van der Waals surface area contributed by atoms with Gasteiger partial charge in [-0.2, -0.15) is 0 Å². The zero-order chi connectivity index (χ0) is 15.2. The number of carboxylic acids is 1. The molecule has 0 spiro atoms. The van der Waals surface area contributed by atoms with E-state index in [0.29, 0.717) is 18.7 Å². The molecule has 21 heavy (non-hydrogen) atoms. The first-order valence-corrected chi connectivity index (χ1v) is 6.70. The second-order valence-electron chi connectivity index (χ2n) is 4.75. The van der Waals surface area contributed by atoms with E-state index in [-0.39, 0.29) is 5.91 Å². The lowest BCUT2D eigenvalue weighted by Crippen LogP contribution is -2.54. The summed E-state index contributed by atoms with van der Waals surface area (Å²) in [5.74, 6) is -1.36. The minimum absolute atomic E-state index is 0.238. The zero-order valence-electron chi connectivity index (χ0n) is 11.4. The molecule has 1 unspecified atom stereocenters. The number of carbonyl (C=O) groups excluding carboxylic acids is 2. The van der Waals surface area contributed by atoms with Crippen LogP contribution in [0, 0.1) is 0 Å². The number of anilines is 1. The SMILES string of the molecule is O=C(O)CN(C(=O)NC1CCCNC1=O)c1ccccc1. The van der Waals surface area contributed by atoms with Crippen LogP contribution in [0.25, 0.3) is 0 Å². The Morgan fingerprint density at radius 1 is 1.33 bits per heavy atom. The maximum Gasteiger partial charge on any atom is 0.323 e. The second-order valence-corrected chi connectivity index (χ2v) is 4.75. The van der Waals surface area contributed by atoms with Gasteiger partial charge in [-0.05, 0) is 25.0 Å². The number of urea groups is 1. The number of benzene rings is 1. The first-order chi connectivity index (χ1) is 10.1. The Morgan fingerprint density at radius 2 is 2.05 bits per heavy atom. The Kier molecular flexibility index (Phi) is 4.76. The number of aliphatic carboxylic acids is 1. The van der Waals surface area contributed by atoms with Crippen molar-refractivity contribution in [1.82, 2.24) is 10.6 Å². The average molecular weight is 291 g/mol. The summed E-state index contributed by atoms with van der Waals surface area (Å²) in [6.45, 7) is 0.132. The molecule has 2 rings (SSSR count). The van der Waals surface area contributed by atoms with E-state index in [0.717, 1.165) is 11.3 Å². The number of hydrogen-bond acceptors (Lipinski definition) is 3. The molecule has 0 aromatic heterocycles. The molecule has 1 atom stereocenters. The van der Waals surface area contributed by atoms with Gasteiger partial charge in [0, 0.05) is 12.2 Å². The van der Waals surface area contributed by atoms with Crippen LogP contribution in [0.4, 0.5) is 10.5 Å². The van der Waals surface area contributed by atoms with Gasteiger partial charge < -0.3 is 15.7 Å². The Hall–Kier alpha value is -2.57. The van der Waals surface area contributed by atoms with E-state index in [1.165, 1.54) is 0 Å². The maximum atomic E-state index is 12.3. The van der Waals surface area contributed by atoms with Crippen molar-refractivity contribution in [3.63, 3.8) is 0 Å². The lowest BCUT2D eigenvalue weighted by molar-refractivity contribution is -0.135. The van der Waals surface area contributed by atoms with Crippen LogP contribution in [0.15, 0.2) is 30.3 Å². The second kappa shape index (κ2) is 6.74. The molecule has 0 saturated carbocycles. The number of hydrogen-bond donors (Lipinski definition) is 3. The molecule has 7 heteroatoms. The van der Waals surface area contributed by atoms with Crippen molar-refractivity contribution in [1.29, 1.82) is 0 Å². The number of amides is 3. The highest BCUT2D eigenvalue weighted by Gasteiger charge is 2.27. The van der Waals surface area contributed by atoms with Crippen LogP contribution < -0.4 is 15.5 Å². The summed E-state index contributed by atoms with van der Waals surface area (Å²) >= 11 is 0. The number of carbonyl (C=O) groups is 3. The topological polar surface area (TPSA) is 98.7 Å². The Morgan fingerprint density at radius 3 is 2.67 bits per heavy atom. The monoisotopic (exact) mass is 291 g/mol. The van der Waals surface area contributed by atoms with Crippen LogP contribution in [0.5, 0.6) is 0 Å². The standard InChI is InChI=1S/C14H17N3O4/c18-12(19)9-17(10-5-2-1-3-6-10)14(21)16-11-7-4-8-15-13(11)20/h1-3,5-6,11H,4,7-9H2,(H,15,20)(H,16,21)(H,18,19). The van der Waals surface area contributed by atoms with E-state index in [2.05, 4.69) is 10.6 Å². The average Bonchev–Trinajstić information content (AvgIpc) is 2.48. The Labute approximate surface area is 121 Å². The lowest BCUT2D eigenvalue weighted by Gasteiger charge is -2.27. The Balaban J connectivity index is 2.11. The number of nitrogens with one attached hydrogen (secondary N) is 2. The predicted molar refractivity (Wildman–Crippen MR) is 76.0 cm³/mol. The summed E-state index contributed by atoms with van der Waals surface area (Å²) in [7, 11) is 0. The maximum absolute atomic E-state index is 12.3. The minimum atomic E-state index is -1.12. The number of nitrogens with zero attached hydrogens (tertiary/aromatic N) is 1. The molecule has 1 aliphatic rings. The quantitative estimate of drug-likeness (QED) is 0.755. The van der Waals surface area contributed by atoms with Crippen LogP contribution in [0.2, 0.25) is 0 Å². The fraction of sp³-hybridized carbons (Fsp3) is 0.357. The number of para-hydroxylation sites is 1. The molecule has 0 aliphatic carbocycles. The van der Waals surface area contributed by atoms with E-state index in [1.54, 1.807) is 30.3 Å². The first-order valence-electron chi connectivity index (χ1n) is 6.70. The fourth-order valence-electron chi connectivity index (χ4n) is 2.16. The molecule has 3 amide bonds. The van der Waals surface area contributed by atoms with Crippen molar-refractivity contribution < 1.29 is 19.5 Å². The molecule has 1 saturated heterocycles. The van der Waals surface area contributed by atoms with Gasteiger partial charge in [-0.3, -0.25) is 14.5 Å². The Bertz CT molecular complexity index is 532. The lowest BCUT2D eigenvalue weighted by atomic mass is 10.1. The molecule has 1 aromatic rings. The molecule has 0 bridgehead atoms. The van der Waals surface area contributed by atoms with E-state index in [9.17, 15) is 14.4 Å². The number of carboxylic acid groups (broad SMARTS) is 1. The van der Waals surface area contributed by atoms with E-state index < -0.39 is 24.6 Å². The van der Waals surface area contributed by atoms with Crippen LogP contribution in [-0.4, -0.2) is 42.1 Å². The highest BCUT2D eigenvalue weighted by atomic mass is 16.4. The molecule has 1 heterocycles. The van der Waals surface area contributed by atoms with Crippen LogP contribution in [0.3, 0.4) is 0 Å². The van der Waals surface area contributed by atoms with Crippen LogP contribution in [0.1, 0.15) is 12.8 Å². The first kappa shape index (κ1) is 14.8. The summed E-state index contributed by atoms with van der Waals surface area (Å²) in [5.41, 5.74) is 0.466. The minimum Gasteiger partial charge on any atom is -0.480 e. The van der Waals surface area contributed by atoms with Gasteiger partial charge in [0.15, 0.2) is 0 Å². The van der Waals surface area contributed by atoms with Gasteiger partial charge in [0.2, 0.25) is 5.91 Å². The van der Waals surface area contributed by atoms with Crippen molar-refractivity contribution in [2.45, 2.75) is 18.9 Å². The molecule has 0 radical (unpaired) electrons. The third-order valence-electron chi connectivity index (χ3n) is 3.19. The van der Waals surface area contributed by atoms with Crippen LogP contribution in [-0.2, 0) is 9.59 Å². The van der Waals surface area contributed by atoms with Gasteiger partial charge >= 0.3 is 12.0 Å². The van der Waals surface area contributed by atoms with E-state index >= 15 is 0 Å². The van der Waals surface area contributed by atoms with Gasteiger partial charge in [0.25, 0.3) is 0 Å². The molecular formula is C14H17N3O4. The molecular weight excluding hydrogens is 274 g/mol. The smallest absolute Gasteiger partial charge is 0.323 e. The molecule has 112 valence electrons. The van der Waals surface area contributed by atoms with Crippen LogP contribution >= 0.6 is 0 Å². The van der Waals surface area contributed by atoms with Gasteiger partial charge in [0.05, 0.1) is 0 Å². The summed E-state index contributed by atoms with van der Waals surface area (Å²) in [4.78, 5) is 36.0. The number of piperidine rings is 1. The molecule has 1 fully saturated rings. The van der Waals surface area contributed by atoms with Crippen molar-refractivity contribution in [3.05, 3.63) is 30.3 Å². The fourth-order valence-corrected chi connectivity index (χ4v) is 2.16. The van der Waals surface area contributed by atoms with Crippen molar-refractivity contribution >= 4 is 23.6 Å². The predicted octanol–water partition coefficient (Wildman–Crippen LogP) is 0.566. The summed E-state index contributed by atoms with van der Waals surface area (Å²) in [6.07, 6.45) is 1.33. The highest BCUT2D eigenvalue weighted by Crippen LogP contribution is 2.14. The van der Waals surface area contributed by atoms with E-state index in [4.69, 9.17) is 5.11 Å². The summed E-state index contributed by atoms with van der Waals surface area (Å²) in [6, 6.07) is 7.27. The van der Waals surface area contributed by atoms with Crippen molar-refractivity contribution in [3.8, 4) is 0 Å². The van der Waals surface area contributed by atoms with Gasteiger partial charge in [0.1, 0.15) is 12.6 Å². The molecule has 1 aromatic carbocycles. The summed E-state index contributed by atoms with van der Waals surface area (Å²) in [5, 5.41) is 14.2. The third-order valence-corrected chi connectivity index (χ3v) is 3.19. The van der Waals surface area contributed by atoms with Gasteiger partial charge in [-0.15, -0.1) is 0 Å². The van der Waals surface area contributed by atoms with Crippen molar-refractivity contribution in [2.24, 2.45) is 0 Å². The molecule has 3 N–H and O–H groups in total.